The number of rotatable bonds is 11. The molecule has 0 spiro atoms. The summed E-state index contributed by atoms with van der Waals surface area (Å²) in [4.78, 5) is 49.3. The Morgan fingerprint density at radius 1 is 1.16 bits per heavy atom. The van der Waals surface area contributed by atoms with Gasteiger partial charge in [0.25, 0.3) is 11.1 Å². The van der Waals surface area contributed by atoms with Gasteiger partial charge >= 0.3 is 11.9 Å². The van der Waals surface area contributed by atoms with Crippen LogP contribution in [-0.4, -0.2) is 61.5 Å². The maximum absolute atomic E-state index is 12.6. The zero-order valence-corrected chi connectivity index (χ0v) is 20.4. The largest absolute Gasteiger partial charge is 0.493 e. The Morgan fingerprint density at radius 3 is 2.56 bits per heavy atom. The number of hydrogen-bond donors (Lipinski definition) is 0. The van der Waals surface area contributed by atoms with E-state index in [4.69, 9.17) is 18.9 Å². The highest BCUT2D eigenvalue weighted by Crippen LogP contribution is 2.39. The zero-order valence-electron chi connectivity index (χ0n) is 18.0. The summed E-state index contributed by atoms with van der Waals surface area (Å²) in [5, 5.41) is -0.547. The van der Waals surface area contributed by atoms with E-state index >= 15 is 0 Å². The Balaban J connectivity index is 2.14. The van der Waals surface area contributed by atoms with Crippen LogP contribution < -0.4 is 9.47 Å². The van der Waals surface area contributed by atoms with E-state index < -0.39 is 29.6 Å². The molecule has 0 aliphatic carbocycles. The first kappa shape index (κ1) is 25.7. The van der Waals surface area contributed by atoms with Gasteiger partial charge in [0, 0.05) is 0 Å². The predicted molar refractivity (Wildman–Crippen MR) is 121 cm³/mol. The molecule has 0 radical (unpaired) electrons. The molecule has 0 saturated carbocycles. The second-order valence-electron chi connectivity index (χ2n) is 6.47. The quantitative estimate of drug-likeness (QED) is 0.240. The number of hydrogen-bond acceptors (Lipinski definition) is 9. The number of amides is 2. The van der Waals surface area contributed by atoms with Crippen molar-refractivity contribution in [3.05, 3.63) is 27.1 Å². The lowest BCUT2D eigenvalue weighted by Crippen LogP contribution is -2.34. The van der Waals surface area contributed by atoms with Crippen molar-refractivity contribution in [2.45, 2.75) is 26.7 Å². The Kier molecular flexibility index (Phi) is 10.0. The van der Waals surface area contributed by atoms with Gasteiger partial charge in [-0.05, 0) is 64.8 Å². The van der Waals surface area contributed by atoms with E-state index in [2.05, 4.69) is 15.9 Å². The number of esters is 2. The summed E-state index contributed by atoms with van der Waals surface area (Å²) in [5.41, 5.74) is 0.549. The number of unbranched alkanes of at least 4 members (excludes halogenated alkanes) is 1. The molecule has 9 nitrogen and oxygen atoms in total. The lowest BCUT2D eigenvalue weighted by Gasteiger charge is -2.13. The predicted octanol–water partition coefficient (Wildman–Crippen LogP) is 3.78. The third kappa shape index (κ3) is 6.99. The summed E-state index contributed by atoms with van der Waals surface area (Å²) in [6, 6.07) is 3.24. The first-order valence-corrected chi connectivity index (χ1v) is 11.5. The molecule has 1 aromatic rings. The Bertz CT molecular complexity index is 917. The number of carbonyl (C=O) groups is 4. The van der Waals surface area contributed by atoms with Gasteiger partial charge < -0.3 is 18.9 Å². The fourth-order valence-electron chi connectivity index (χ4n) is 2.59. The van der Waals surface area contributed by atoms with Crippen molar-refractivity contribution >= 4 is 56.9 Å². The van der Waals surface area contributed by atoms with E-state index in [0.29, 0.717) is 28.0 Å². The van der Waals surface area contributed by atoms with Gasteiger partial charge in [-0.15, -0.1) is 0 Å². The van der Waals surface area contributed by atoms with E-state index in [1.165, 1.54) is 13.2 Å². The molecule has 174 valence electrons. The van der Waals surface area contributed by atoms with Crippen molar-refractivity contribution in [3.8, 4) is 11.5 Å². The Morgan fingerprint density at radius 2 is 1.91 bits per heavy atom. The van der Waals surface area contributed by atoms with Crippen LogP contribution >= 0.6 is 27.7 Å². The number of nitrogens with zero attached hydrogens (tertiary/aromatic N) is 1. The van der Waals surface area contributed by atoms with Crippen LogP contribution in [0.5, 0.6) is 11.5 Å². The fourth-order valence-corrected chi connectivity index (χ4v) is 4.00. The van der Waals surface area contributed by atoms with Gasteiger partial charge in [-0.2, -0.15) is 0 Å². The highest BCUT2D eigenvalue weighted by atomic mass is 79.9. The van der Waals surface area contributed by atoms with Crippen molar-refractivity contribution in [1.82, 2.24) is 4.90 Å². The number of carbonyl (C=O) groups excluding carboxylic acids is 4. The van der Waals surface area contributed by atoms with E-state index in [-0.39, 0.29) is 24.7 Å². The molecule has 2 rings (SSSR count). The molecule has 0 unspecified atom stereocenters. The first-order valence-electron chi connectivity index (χ1n) is 9.87. The maximum Gasteiger partial charge on any atom is 0.344 e. The molecule has 11 heteroatoms. The highest BCUT2D eigenvalue weighted by molar-refractivity contribution is 9.10. The average Bonchev–Trinajstić information content (AvgIpc) is 3.00. The number of ether oxygens (including phenoxy) is 4. The number of imide groups is 1. The lowest BCUT2D eigenvalue weighted by atomic mass is 10.2. The highest BCUT2D eigenvalue weighted by Gasteiger charge is 2.36. The van der Waals surface area contributed by atoms with Gasteiger partial charge in [0.1, 0.15) is 6.54 Å². The average molecular weight is 530 g/mol. The van der Waals surface area contributed by atoms with E-state index in [1.54, 1.807) is 19.1 Å². The van der Waals surface area contributed by atoms with Crippen LogP contribution in [0.25, 0.3) is 6.08 Å². The minimum absolute atomic E-state index is 0.158. The fraction of sp³-hybridized carbons (Fsp3) is 0.429. The Hall–Kier alpha value is -2.53. The van der Waals surface area contributed by atoms with Gasteiger partial charge in [0.15, 0.2) is 18.1 Å². The molecule has 32 heavy (non-hydrogen) atoms. The molecule has 1 aliphatic rings. The van der Waals surface area contributed by atoms with Crippen molar-refractivity contribution < 1.29 is 38.1 Å². The molecule has 1 aliphatic heterocycles. The Labute approximate surface area is 198 Å². The number of benzene rings is 1. The van der Waals surface area contributed by atoms with Gasteiger partial charge in [-0.1, -0.05) is 13.3 Å². The lowest BCUT2D eigenvalue weighted by molar-refractivity contribution is -0.146. The summed E-state index contributed by atoms with van der Waals surface area (Å²) in [5.74, 6) is -1.12. The molecule has 1 heterocycles. The van der Waals surface area contributed by atoms with Gasteiger partial charge in [-0.25, -0.2) is 4.79 Å². The van der Waals surface area contributed by atoms with Crippen LogP contribution in [0.1, 0.15) is 32.3 Å². The molecule has 0 aromatic heterocycles. The second kappa shape index (κ2) is 12.5. The minimum atomic E-state index is -0.630. The standard InChI is InChI=1S/C21H24BrNO8S/c1-4-6-7-30-17(24)11-23-20(26)16(32-21(23)27)10-13-8-14(22)19(15(9-13)28-3)31-12-18(25)29-5-2/h8-10H,4-7,11-12H2,1-3H3/b16-10-. The van der Waals surface area contributed by atoms with Gasteiger partial charge in [-0.3, -0.25) is 19.3 Å². The van der Waals surface area contributed by atoms with E-state index in [1.807, 2.05) is 6.92 Å². The SMILES string of the molecule is CCCCOC(=O)CN1C(=O)S/C(=C\c2cc(Br)c(OCC(=O)OCC)c(OC)c2)C1=O. The molecule has 1 fully saturated rings. The maximum atomic E-state index is 12.6. The molecule has 1 aromatic carbocycles. The van der Waals surface area contributed by atoms with Crippen molar-refractivity contribution in [2.75, 3.05) is 33.5 Å². The third-order valence-corrected chi connectivity index (χ3v) is 5.61. The van der Waals surface area contributed by atoms with E-state index in [0.717, 1.165) is 23.1 Å². The van der Waals surface area contributed by atoms with Crippen LogP contribution in [0.2, 0.25) is 0 Å². The molecule has 0 N–H and O–H groups in total. The van der Waals surface area contributed by atoms with Crippen LogP contribution in [0.3, 0.4) is 0 Å². The van der Waals surface area contributed by atoms with E-state index in [9.17, 15) is 19.2 Å². The van der Waals surface area contributed by atoms with Crippen LogP contribution in [0, 0.1) is 0 Å². The summed E-state index contributed by atoms with van der Waals surface area (Å²) in [7, 11) is 1.43. The van der Waals surface area contributed by atoms with Gasteiger partial charge in [0.05, 0.1) is 29.7 Å². The monoisotopic (exact) mass is 529 g/mol. The zero-order chi connectivity index (χ0) is 23.7. The number of halogens is 1. The van der Waals surface area contributed by atoms with Crippen molar-refractivity contribution in [1.29, 1.82) is 0 Å². The van der Waals surface area contributed by atoms with Crippen LogP contribution in [0.15, 0.2) is 21.5 Å². The number of thioether (sulfide) groups is 1. The molecular formula is C21H24BrNO8S. The molecule has 0 atom stereocenters. The molecule has 1 saturated heterocycles. The first-order chi connectivity index (χ1) is 15.3. The molecule has 2 amide bonds. The third-order valence-electron chi connectivity index (χ3n) is 4.11. The molecule has 0 bridgehead atoms. The smallest absolute Gasteiger partial charge is 0.344 e. The minimum Gasteiger partial charge on any atom is -0.493 e. The van der Waals surface area contributed by atoms with Crippen LogP contribution in [0.4, 0.5) is 4.79 Å². The summed E-state index contributed by atoms with van der Waals surface area (Å²) >= 11 is 4.09. The van der Waals surface area contributed by atoms with Gasteiger partial charge in [0.2, 0.25) is 0 Å². The summed E-state index contributed by atoms with van der Waals surface area (Å²) in [6.07, 6.45) is 3.09. The topological polar surface area (TPSA) is 108 Å². The second-order valence-corrected chi connectivity index (χ2v) is 8.32. The summed E-state index contributed by atoms with van der Waals surface area (Å²) < 4.78 is 21.1. The number of methoxy groups -OCH3 is 1. The van der Waals surface area contributed by atoms with Crippen LogP contribution in [-0.2, 0) is 23.9 Å². The molecular weight excluding hydrogens is 506 g/mol. The normalized spacial score (nSPS) is 14.6. The van der Waals surface area contributed by atoms with Crippen molar-refractivity contribution in [3.63, 3.8) is 0 Å². The summed E-state index contributed by atoms with van der Waals surface area (Å²) in [6.45, 7) is 3.42. The van der Waals surface area contributed by atoms with Crippen molar-refractivity contribution in [2.24, 2.45) is 0 Å².